The van der Waals surface area contributed by atoms with E-state index in [0.29, 0.717) is 29.7 Å². The molecule has 2 aromatic rings. The van der Waals surface area contributed by atoms with Crippen molar-refractivity contribution in [2.75, 3.05) is 12.8 Å². The number of benzene rings is 1. The molecule has 0 saturated heterocycles. The largest absolute Gasteiger partial charge is 0.493 e. The molecular formula is C14H20N4O2. The summed E-state index contributed by atoms with van der Waals surface area (Å²) in [5.41, 5.74) is 6.39. The van der Waals surface area contributed by atoms with E-state index in [0.717, 1.165) is 12.4 Å². The molecule has 0 aliphatic carbocycles. The van der Waals surface area contributed by atoms with Gasteiger partial charge in [-0.3, -0.25) is 0 Å². The molecule has 0 atom stereocenters. The first-order valence-corrected chi connectivity index (χ1v) is 6.53. The summed E-state index contributed by atoms with van der Waals surface area (Å²) in [5, 5.41) is 4.20. The Morgan fingerprint density at radius 3 is 2.80 bits per heavy atom. The van der Waals surface area contributed by atoms with E-state index < -0.39 is 0 Å². The molecule has 6 heteroatoms. The van der Waals surface area contributed by atoms with Crippen molar-refractivity contribution in [3.63, 3.8) is 0 Å². The van der Waals surface area contributed by atoms with Crippen LogP contribution in [0.5, 0.6) is 11.5 Å². The van der Waals surface area contributed by atoms with Crippen LogP contribution >= 0.6 is 0 Å². The zero-order valence-electron chi connectivity index (χ0n) is 12.0. The fraction of sp³-hybridized carbons (Fsp3) is 0.429. The van der Waals surface area contributed by atoms with Crippen LogP contribution in [0, 0.1) is 5.92 Å². The zero-order chi connectivity index (χ0) is 14.5. The predicted octanol–water partition coefficient (Wildman–Crippen LogP) is 2.10. The van der Waals surface area contributed by atoms with Crippen molar-refractivity contribution in [1.29, 1.82) is 0 Å². The summed E-state index contributed by atoms with van der Waals surface area (Å²) in [6, 6.07) is 5.29. The minimum atomic E-state index is 0.326. The van der Waals surface area contributed by atoms with Gasteiger partial charge < -0.3 is 15.2 Å². The van der Waals surface area contributed by atoms with E-state index in [9.17, 15) is 0 Å². The second-order valence-corrected chi connectivity index (χ2v) is 4.95. The standard InChI is InChI=1S/C14H20N4O2/c1-10(2)7-18-14(16-9-17-18)8-20-13-6-11(15)4-5-12(13)19-3/h4-6,9-10H,7-8,15H2,1-3H3. The summed E-state index contributed by atoms with van der Waals surface area (Å²) in [4.78, 5) is 4.22. The van der Waals surface area contributed by atoms with Crippen LogP contribution in [0.1, 0.15) is 19.7 Å². The monoisotopic (exact) mass is 276 g/mol. The topological polar surface area (TPSA) is 75.2 Å². The molecule has 1 aromatic carbocycles. The Hall–Kier alpha value is -2.24. The van der Waals surface area contributed by atoms with E-state index in [1.807, 2.05) is 4.68 Å². The Morgan fingerprint density at radius 2 is 2.10 bits per heavy atom. The second-order valence-electron chi connectivity index (χ2n) is 4.95. The second kappa shape index (κ2) is 6.27. The molecular weight excluding hydrogens is 256 g/mol. The van der Waals surface area contributed by atoms with Crippen LogP contribution in [0.15, 0.2) is 24.5 Å². The van der Waals surface area contributed by atoms with Crippen molar-refractivity contribution in [3.05, 3.63) is 30.4 Å². The van der Waals surface area contributed by atoms with Crippen LogP contribution < -0.4 is 15.2 Å². The van der Waals surface area contributed by atoms with Crippen LogP contribution in [0.4, 0.5) is 5.69 Å². The smallest absolute Gasteiger partial charge is 0.164 e. The highest BCUT2D eigenvalue weighted by molar-refractivity contribution is 5.51. The SMILES string of the molecule is COc1ccc(N)cc1OCc1ncnn1CC(C)C. The number of nitrogens with zero attached hydrogens (tertiary/aromatic N) is 3. The molecule has 0 bridgehead atoms. The van der Waals surface area contributed by atoms with Gasteiger partial charge in [0.25, 0.3) is 0 Å². The Balaban J connectivity index is 2.09. The van der Waals surface area contributed by atoms with Crippen LogP contribution in [0.25, 0.3) is 0 Å². The summed E-state index contributed by atoms with van der Waals surface area (Å²) in [7, 11) is 1.60. The maximum absolute atomic E-state index is 5.76. The third kappa shape index (κ3) is 3.40. The van der Waals surface area contributed by atoms with E-state index in [2.05, 4.69) is 23.9 Å². The Kier molecular flexibility index (Phi) is 4.45. The fourth-order valence-corrected chi connectivity index (χ4v) is 1.85. The van der Waals surface area contributed by atoms with Gasteiger partial charge in [0.1, 0.15) is 12.9 Å². The summed E-state index contributed by atoms with van der Waals surface area (Å²) >= 11 is 0. The lowest BCUT2D eigenvalue weighted by atomic mass is 10.2. The number of methoxy groups -OCH3 is 1. The van der Waals surface area contributed by atoms with E-state index in [1.54, 1.807) is 25.3 Å². The number of nitrogen functional groups attached to an aromatic ring is 1. The normalized spacial score (nSPS) is 10.8. The van der Waals surface area contributed by atoms with Gasteiger partial charge in [0.2, 0.25) is 0 Å². The molecule has 1 heterocycles. The summed E-state index contributed by atoms with van der Waals surface area (Å²) in [6.07, 6.45) is 1.54. The van der Waals surface area contributed by atoms with Crippen molar-refractivity contribution < 1.29 is 9.47 Å². The van der Waals surface area contributed by atoms with Gasteiger partial charge in [0, 0.05) is 18.3 Å². The molecule has 0 aliphatic rings. The highest BCUT2D eigenvalue weighted by Crippen LogP contribution is 2.29. The molecule has 6 nitrogen and oxygen atoms in total. The van der Waals surface area contributed by atoms with Crippen molar-refractivity contribution in [2.45, 2.75) is 27.0 Å². The summed E-state index contributed by atoms with van der Waals surface area (Å²) in [6.45, 7) is 5.40. The van der Waals surface area contributed by atoms with Crippen LogP contribution in [0.2, 0.25) is 0 Å². The van der Waals surface area contributed by atoms with E-state index >= 15 is 0 Å². The highest BCUT2D eigenvalue weighted by atomic mass is 16.5. The molecule has 0 spiro atoms. The molecule has 0 aliphatic heterocycles. The van der Waals surface area contributed by atoms with Gasteiger partial charge in [-0.15, -0.1) is 0 Å². The minimum absolute atomic E-state index is 0.326. The molecule has 0 amide bonds. The minimum Gasteiger partial charge on any atom is -0.493 e. The van der Waals surface area contributed by atoms with Gasteiger partial charge in [-0.1, -0.05) is 13.8 Å². The van der Waals surface area contributed by atoms with Crippen molar-refractivity contribution in [2.24, 2.45) is 5.92 Å². The number of hydrogen-bond acceptors (Lipinski definition) is 5. The number of hydrogen-bond donors (Lipinski definition) is 1. The first-order valence-electron chi connectivity index (χ1n) is 6.53. The number of nitrogens with two attached hydrogens (primary N) is 1. The average molecular weight is 276 g/mol. The molecule has 2 rings (SSSR count). The van der Waals surface area contributed by atoms with Gasteiger partial charge in [0.05, 0.1) is 7.11 Å². The van der Waals surface area contributed by atoms with Crippen LogP contribution in [-0.4, -0.2) is 21.9 Å². The van der Waals surface area contributed by atoms with Crippen LogP contribution in [-0.2, 0) is 13.2 Å². The predicted molar refractivity (Wildman–Crippen MR) is 76.6 cm³/mol. The van der Waals surface area contributed by atoms with Gasteiger partial charge in [-0.05, 0) is 18.1 Å². The fourth-order valence-electron chi connectivity index (χ4n) is 1.85. The zero-order valence-corrected chi connectivity index (χ0v) is 12.0. The maximum atomic E-state index is 5.76. The first-order chi connectivity index (χ1) is 9.60. The van der Waals surface area contributed by atoms with E-state index in [4.69, 9.17) is 15.2 Å². The summed E-state index contributed by atoms with van der Waals surface area (Å²) in [5.74, 6) is 2.53. The van der Waals surface area contributed by atoms with Gasteiger partial charge in [-0.25, -0.2) is 9.67 Å². The number of anilines is 1. The third-order valence-corrected chi connectivity index (χ3v) is 2.78. The maximum Gasteiger partial charge on any atom is 0.164 e. The van der Waals surface area contributed by atoms with Crippen molar-refractivity contribution in [1.82, 2.24) is 14.8 Å². The molecule has 2 N–H and O–H groups in total. The Labute approximate surface area is 118 Å². The molecule has 0 radical (unpaired) electrons. The molecule has 0 saturated carbocycles. The van der Waals surface area contributed by atoms with E-state index in [-0.39, 0.29) is 0 Å². The quantitative estimate of drug-likeness (QED) is 0.818. The lowest BCUT2D eigenvalue weighted by Crippen LogP contribution is -2.12. The van der Waals surface area contributed by atoms with Crippen molar-refractivity contribution >= 4 is 5.69 Å². The van der Waals surface area contributed by atoms with Gasteiger partial charge >= 0.3 is 0 Å². The lowest BCUT2D eigenvalue weighted by Gasteiger charge is -2.12. The third-order valence-electron chi connectivity index (χ3n) is 2.78. The van der Waals surface area contributed by atoms with Crippen molar-refractivity contribution in [3.8, 4) is 11.5 Å². The lowest BCUT2D eigenvalue weighted by molar-refractivity contribution is 0.266. The molecule has 0 fully saturated rings. The molecule has 108 valence electrons. The van der Waals surface area contributed by atoms with Crippen LogP contribution in [0.3, 0.4) is 0 Å². The molecule has 0 unspecified atom stereocenters. The molecule has 20 heavy (non-hydrogen) atoms. The number of rotatable bonds is 6. The van der Waals surface area contributed by atoms with Gasteiger partial charge in [-0.2, -0.15) is 5.10 Å². The Bertz CT molecular complexity index is 566. The number of ether oxygens (including phenoxy) is 2. The first kappa shape index (κ1) is 14.2. The Morgan fingerprint density at radius 1 is 1.30 bits per heavy atom. The summed E-state index contributed by atoms with van der Waals surface area (Å²) < 4.78 is 12.8. The van der Waals surface area contributed by atoms with Gasteiger partial charge in [0.15, 0.2) is 17.3 Å². The molecule has 1 aromatic heterocycles. The highest BCUT2D eigenvalue weighted by Gasteiger charge is 2.09. The van der Waals surface area contributed by atoms with E-state index in [1.165, 1.54) is 6.33 Å². The number of aromatic nitrogens is 3. The average Bonchev–Trinajstić information content (AvgIpc) is 2.83.